The largest absolute Gasteiger partial charge is 0.469 e. The van der Waals surface area contributed by atoms with E-state index >= 15 is 0 Å². The summed E-state index contributed by atoms with van der Waals surface area (Å²) in [6.07, 6.45) is 2.71. The fourth-order valence-corrected chi connectivity index (χ4v) is 3.25. The predicted octanol–water partition coefficient (Wildman–Crippen LogP) is 5.42. The van der Waals surface area contributed by atoms with E-state index in [1.165, 1.54) is 21.9 Å². The Hall–Kier alpha value is -1.54. The van der Waals surface area contributed by atoms with Crippen LogP contribution in [0.3, 0.4) is 0 Å². The quantitative estimate of drug-likeness (QED) is 0.588. The highest BCUT2D eigenvalue weighted by Crippen LogP contribution is 2.30. The molecule has 0 radical (unpaired) electrons. The molecule has 0 bridgehead atoms. The predicted molar refractivity (Wildman–Crippen MR) is 82.8 cm³/mol. The number of furan rings is 1. The maximum absolute atomic E-state index is 5.36. The molecular formula is C17H15BrO. The van der Waals surface area contributed by atoms with E-state index < -0.39 is 0 Å². The summed E-state index contributed by atoms with van der Waals surface area (Å²) in [5.41, 5.74) is 2.56. The summed E-state index contributed by atoms with van der Waals surface area (Å²) in [6, 6.07) is 17.1. The van der Waals surface area contributed by atoms with Crippen LogP contribution in [-0.2, 0) is 6.42 Å². The van der Waals surface area contributed by atoms with Crippen LogP contribution in [0.25, 0.3) is 10.8 Å². The van der Waals surface area contributed by atoms with Gasteiger partial charge in [-0.1, -0.05) is 58.4 Å². The second-order valence-corrected chi connectivity index (χ2v) is 5.89. The normalized spacial score (nSPS) is 12.7. The third-order valence-electron chi connectivity index (χ3n) is 3.47. The smallest absolute Gasteiger partial charge is 0.105 e. The van der Waals surface area contributed by atoms with Crippen molar-refractivity contribution in [3.05, 3.63) is 71.7 Å². The summed E-state index contributed by atoms with van der Waals surface area (Å²) < 4.78 is 5.36. The number of hydrogen-bond acceptors (Lipinski definition) is 1. The van der Waals surface area contributed by atoms with E-state index in [0.717, 1.165) is 12.2 Å². The third kappa shape index (κ3) is 2.59. The Morgan fingerprint density at radius 2 is 1.84 bits per heavy atom. The Balaban J connectivity index is 1.87. The van der Waals surface area contributed by atoms with Gasteiger partial charge in [0.05, 0.1) is 6.26 Å². The van der Waals surface area contributed by atoms with Crippen LogP contribution in [0, 0.1) is 6.92 Å². The van der Waals surface area contributed by atoms with E-state index in [-0.39, 0.29) is 0 Å². The van der Waals surface area contributed by atoms with Gasteiger partial charge in [0.15, 0.2) is 0 Å². The number of fused-ring (bicyclic) bond motifs is 1. The molecule has 3 rings (SSSR count). The van der Waals surface area contributed by atoms with Gasteiger partial charge in [-0.25, -0.2) is 0 Å². The molecule has 1 atom stereocenters. The second-order valence-electron chi connectivity index (χ2n) is 4.79. The molecule has 96 valence electrons. The summed E-state index contributed by atoms with van der Waals surface area (Å²) in [7, 11) is 0. The van der Waals surface area contributed by atoms with Crippen molar-refractivity contribution < 1.29 is 4.42 Å². The Morgan fingerprint density at radius 1 is 1.05 bits per heavy atom. The number of aryl methyl sites for hydroxylation is 1. The monoisotopic (exact) mass is 314 g/mol. The number of rotatable bonds is 3. The molecule has 0 N–H and O–H groups in total. The van der Waals surface area contributed by atoms with E-state index in [1.54, 1.807) is 6.26 Å². The van der Waals surface area contributed by atoms with Crippen LogP contribution in [-0.4, -0.2) is 0 Å². The van der Waals surface area contributed by atoms with Gasteiger partial charge in [0, 0.05) is 10.4 Å². The lowest BCUT2D eigenvalue weighted by molar-refractivity contribution is 0.529. The lowest BCUT2D eigenvalue weighted by Gasteiger charge is -2.10. The number of alkyl halides is 1. The minimum atomic E-state index is 0.299. The Labute approximate surface area is 121 Å². The number of hydrogen-bond donors (Lipinski definition) is 0. The first kappa shape index (κ1) is 12.5. The lowest BCUT2D eigenvalue weighted by atomic mass is 10.0. The van der Waals surface area contributed by atoms with Gasteiger partial charge in [-0.05, 0) is 35.7 Å². The van der Waals surface area contributed by atoms with Crippen molar-refractivity contribution >= 4 is 26.7 Å². The average Bonchev–Trinajstić information content (AvgIpc) is 2.85. The molecule has 0 aliphatic carbocycles. The molecule has 1 aromatic heterocycles. The molecule has 0 spiro atoms. The van der Waals surface area contributed by atoms with E-state index in [1.807, 2.05) is 13.0 Å². The van der Waals surface area contributed by atoms with Crippen LogP contribution >= 0.6 is 15.9 Å². The van der Waals surface area contributed by atoms with Crippen LogP contribution in [0.2, 0.25) is 0 Å². The minimum absolute atomic E-state index is 0.299. The topological polar surface area (TPSA) is 13.1 Å². The van der Waals surface area contributed by atoms with E-state index in [2.05, 4.69) is 58.4 Å². The molecule has 19 heavy (non-hydrogen) atoms. The standard InChI is InChI=1S/C17H15BrO/c1-12-16(8-9-19-12)17(18)11-13-6-7-14-4-2-3-5-15(14)10-13/h2-10,17H,11H2,1H3. The zero-order valence-corrected chi connectivity index (χ0v) is 12.4. The zero-order chi connectivity index (χ0) is 13.2. The summed E-state index contributed by atoms with van der Waals surface area (Å²) in [6.45, 7) is 2.00. The van der Waals surface area contributed by atoms with Gasteiger partial charge in [0.25, 0.3) is 0 Å². The Kier molecular flexibility index (Phi) is 3.43. The van der Waals surface area contributed by atoms with Crippen LogP contribution in [0.5, 0.6) is 0 Å². The van der Waals surface area contributed by atoms with Crippen LogP contribution in [0.4, 0.5) is 0 Å². The molecule has 2 aromatic carbocycles. The molecule has 0 amide bonds. The molecule has 3 aromatic rings. The molecule has 0 saturated carbocycles. The molecular weight excluding hydrogens is 300 g/mol. The van der Waals surface area contributed by atoms with Crippen molar-refractivity contribution in [1.82, 2.24) is 0 Å². The summed E-state index contributed by atoms with van der Waals surface area (Å²) >= 11 is 3.76. The van der Waals surface area contributed by atoms with Crippen molar-refractivity contribution in [3.8, 4) is 0 Å². The maximum atomic E-state index is 5.36. The fourth-order valence-electron chi connectivity index (χ4n) is 2.40. The van der Waals surface area contributed by atoms with E-state index in [0.29, 0.717) is 4.83 Å². The van der Waals surface area contributed by atoms with Gasteiger partial charge < -0.3 is 4.42 Å². The highest BCUT2D eigenvalue weighted by Gasteiger charge is 2.13. The highest BCUT2D eigenvalue weighted by atomic mass is 79.9. The summed E-state index contributed by atoms with van der Waals surface area (Å²) in [5.74, 6) is 0.989. The van der Waals surface area contributed by atoms with Crippen LogP contribution in [0.15, 0.2) is 59.2 Å². The Morgan fingerprint density at radius 3 is 2.58 bits per heavy atom. The first-order valence-corrected chi connectivity index (χ1v) is 7.31. The van der Waals surface area contributed by atoms with E-state index in [9.17, 15) is 0 Å². The fraction of sp³-hybridized carbons (Fsp3) is 0.176. The SMILES string of the molecule is Cc1occc1C(Br)Cc1ccc2ccccc2c1. The number of benzene rings is 2. The first-order chi connectivity index (χ1) is 9.24. The lowest BCUT2D eigenvalue weighted by Crippen LogP contribution is -1.95. The highest BCUT2D eigenvalue weighted by molar-refractivity contribution is 9.09. The molecule has 0 aliphatic heterocycles. The Bertz CT molecular complexity index is 699. The van der Waals surface area contributed by atoms with Crippen LogP contribution < -0.4 is 0 Å². The maximum Gasteiger partial charge on any atom is 0.105 e. The third-order valence-corrected chi connectivity index (χ3v) is 4.28. The number of halogens is 1. The summed E-state index contributed by atoms with van der Waals surface area (Å²) in [5, 5.41) is 2.58. The van der Waals surface area contributed by atoms with Crippen molar-refractivity contribution in [1.29, 1.82) is 0 Å². The molecule has 1 unspecified atom stereocenters. The minimum Gasteiger partial charge on any atom is -0.469 e. The van der Waals surface area contributed by atoms with E-state index in [4.69, 9.17) is 4.42 Å². The van der Waals surface area contributed by atoms with Gasteiger partial charge in [-0.15, -0.1) is 0 Å². The second kappa shape index (κ2) is 5.22. The van der Waals surface area contributed by atoms with Gasteiger partial charge in [-0.2, -0.15) is 0 Å². The molecule has 0 fully saturated rings. The van der Waals surface area contributed by atoms with Crippen molar-refractivity contribution in [3.63, 3.8) is 0 Å². The van der Waals surface area contributed by atoms with Gasteiger partial charge in [0.2, 0.25) is 0 Å². The summed E-state index contributed by atoms with van der Waals surface area (Å²) in [4.78, 5) is 0.299. The van der Waals surface area contributed by atoms with Crippen LogP contribution in [0.1, 0.15) is 21.7 Å². The zero-order valence-electron chi connectivity index (χ0n) is 10.8. The molecule has 0 saturated heterocycles. The molecule has 1 nitrogen and oxygen atoms in total. The van der Waals surface area contributed by atoms with Gasteiger partial charge in [0.1, 0.15) is 5.76 Å². The first-order valence-electron chi connectivity index (χ1n) is 6.40. The van der Waals surface area contributed by atoms with Crippen molar-refractivity contribution in [2.75, 3.05) is 0 Å². The molecule has 2 heteroatoms. The average molecular weight is 315 g/mol. The van der Waals surface area contributed by atoms with Gasteiger partial charge in [-0.3, -0.25) is 0 Å². The van der Waals surface area contributed by atoms with Crippen molar-refractivity contribution in [2.45, 2.75) is 18.2 Å². The molecule has 1 heterocycles. The van der Waals surface area contributed by atoms with Crippen molar-refractivity contribution in [2.24, 2.45) is 0 Å². The van der Waals surface area contributed by atoms with Gasteiger partial charge >= 0.3 is 0 Å². The molecule has 0 aliphatic rings.